The number of aryl methyl sites for hydroxylation is 1. The van der Waals surface area contributed by atoms with Crippen molar-refractivity contribution in [2.75, 3.05) is 0 Å². The normalized spacial score (nSPS) is 10.9. The molecule has 1 aromatic heterocycles. The molecule has 0 aliphatic heterocycles. The summed E-state index contributed by atoms with van der Waals surface area (Å²) < 4.78 is 1.90. The Hall–Kier alpha value is -1.25. The molecule has 0 atom stereocenters. The molecule has 0 radical (unpaired) electrons. The Balaban J connectivity index is 3.06. The zero-order valence-electron chi connectivity index (χ0n) is 8.95. The number of carboxylic acids is 1. The van der Waals surface area contributed by atoms with Crippen molar-refractivity contribution in [3.05, 3.63) is 23.5 Å². The Kier molecular flexibility index (Phi) is 3.33. The van der Waals surface area contributed by atoms with Crippen molar-refractivity contribution in [1.29, 1.82) is 0 Å². The van der Waals surface area contributed by atoms with Gasteiger partial charge in [-0.3, -0.25) is 0 Å². The third kappa shape index (κ3) is 2.16. The van der Waals surface area contributed by atoms with Crippen molar-refractivity contribution < 1.29 is 9.90 Å². The van der Waals surface area contributed by atoms with E-state index in [-0.39, 0.29) is 0 Å². The molecule has 14 heavy (non-hydrogen) atoms. The minimum absolute atomic E-state index is 0.399. The molecule has 1 rings (SSSR count). The Morgan fingerprint density at radius 2 is 2.14 bits per heavy atom. The van der Waals surface area contributed by atoms with E-state index in [0.717, 1.165) is 18.7 Å². The van der Waals surface area contributed by atoms with Gasteiger partial charge in [0.2, 0.25) is 0 Å². The lowest BCUT2D eigenvalue weighted by Gasteiger charge is -2.12. The lowest BCUT2D eigenvalue weighted by molar-refractivity contribution is 0.0684. The van der Waals surface area contributed by atoms with E-state index in [1.807, 2.05) is 17.6 Å². The van der Waals surface area contributed by atoms with Gasteiger partial charge < -0.3 is 9.67 Å². The van der Waals surface area contributed by atoms with Gasteiger partial charge in [-0.15, -0.1) is 0 Å². The van der Waals surface area contributed by atoms with E-state index >= 15 is 0 Å². The highest BCUT2D eigenvalue weighted by Crippen LogP contribution is 2.13. The number of hydrogen-bond donors (Lipinski definition) is 1. The molecule has 78 valence electrons. The fourth-order valence-corrected chi connectivity index (χ4v) is 1.59. The largest absolute Gasteiger partial charge is 0.477 e. The molecule has 1 N–H and O–H groups in total. The van der Waals surface area contributed by atoms with Crippen LogP contribution in [-0.4, -0.2) is 15.6 Å². The van der Waals surface area contributed by atoms with Gasteiger partial charge in [0.05, 0.1) is 0 Å². The minimum Gasteiger partial charge on any atom is -0.477 e. The molecular formula is C11H17NO2. The Morgan fingerprint density at radius 3 is 2.57 bits per heavy atom. The molecule has 0 unspecified atom stereocenters. The molecule has 0 amide bonds. The lowest BCUT2D eigenvalue weighted by atomic mass is 10.2. The van der Waals surface area contributed by atoms with E-state index in [1.165, 1.54) is 0 Å². The molecule has 3 heteroatoms. The second kappa shape index (κ2) is 4.31. The van der Waals surface area contributed by atoms with Crippen LogP contribution in [0.2, 0.25) is 0 Å². The van der Waals surface area contributed by atoms with Gasteiger partial charge in [0.25, 0.3) is 0 Å². The van der Waals surface area contributed by atoms with Crippen LogP contribution in [0.4, 0.5) is 0 Å². The Morgan fingerprint density at radius 1 is 1.50 bits per heavy atom. The maximum absolute atomic E-state index is 10.9. The Labute approximate surface area is 84.4 Å². The molecule has 0 bridgehead atoms. The highest BCUT2D eigenvalue weighted by atomic mass is 16.4. The van der Waals surface area contributed by atoms with E-state index in [0.29, 0.717) is 11.6 Å². The average Bonchev–Trinajstić information content (AvgIpc) is 2.46. The van der Waals surface area contributed by atoms with Gasteiger partial charge in [0.15, 0.2) is 0 Å². The van der Waals surface area contributed by atoms with Crippen LogP contribution in [0, 0.1) is 5.92 Å². The molecule has 3 nitrogen and oxygen atoms in total. The van der Waals surface area contributed by atoms with Gasteiger partial charge in [0, 0.05) is 12.2 Å². The topological polar surface area (TPSA) is 42.2 Å². The SMILES string of the molecule is CCc1ccc(C(=O)O)n1CC(C)C. The van der Waals surface area contributed by atoms with E-state index in [2.05, 4.69) is 13.8 Å². The molecule has 1 heterocycles. The fraction of sp³-hybridized carbons (Fsp3) is 0.545. The summed E-state index contributed by atoms with van der Waals surface area (Å²) in [6, 6.07) is 3.58. The van der Waals surface area contributed by atoms with Crippen molar-refractivity contribution in [3.63, 3.8) is 0 Å². The molecule has 0 aromatic carbocycles. The van der Waals surface area contributed by atoms with Crippen LogP contribution < -0.4 is 0 Å². The lowest BCUT2D eigenvalue weighted by Crippen LogP contribution is -2.14. The molecule has 0 saturated carbocycles. The van der Waals surface area contributed by atoms with Crippen LogP contribution in [0.1, 0.15) is 37.0 Å². The van der Waals surface area contributed by atoms with Gasteiger partial charge in [-0.1, -0.05) is 20.8 Å². The number of nitrogens with zero attached hydrogens (tertiary/aromatic N) is 1. The van der Waals surface area contributed by atoms with Crippen LogP contribution in [0.3, 0.4) is 0 Å². The monoisotopic (exact) mass is 195 g/mol. The average molecular weight is 195 g/mol. The Bertz CT molecular complexity index is 326. The van der Waals surface area contributed by atoms with E-state index in [9.17, 15) is 4.79 Å². The zero-order chi connectivity index (χ0) is 10.7. The van der Waals surface area contributed by atoms with Crippen molar-refractivity contribution in [2.45, 2.75) is 33.7 Å². The first-order valence-corrected chi connectivity index (χ1v) is 4.98. The molecule has 0 spiro atoms. The van der Waals surface area contributed by atoms with Crippen LogP contribution in [0.15, 0.2) is 12.1 Å². The fourth-order valence-electron chi connectivity index (χ4n) is 1.59. The van der Waals surface area contributed by atoms with Gasteiger partial charge in [-0.05, 0) is 24.5 Å². The summed E-state index contributed by atoms with van der Waals surface area (Å²) >= 11 is 0. The molecular weight excluding hydrogens is 178 g/mol. The molecule has 1 aromatic rings. The number of aromatic nitrogens is 1. The first-order valence-electron chi connectivity index (χ1n) is 4.98. The number of aromatic carboxylic acids is 1. The molecule has 0 aliphatic carbocycles. The molecule has 0 saturated heterocycles. The summed E-state index contributed by atoms with van der Waals surface area (Å²) in [7, 11) is 0. The van der Waals surface area contributed by atoms with Crippen LogP contribution in [0.25, 0.3) is 0 Å². The van der Waals surface area contributed by atoms with E-state index in [4.69, 9.17) is 5.11 Å². The zero-order valence-corrected chi connectivity index (χ0v) is 8.95. The first kappa shape index (κ1) is 10.8. The van der Waals surface area contributed by atoms with Crippen LogP contribution in [0.5, 0.6) is 0 Å². The summed E-state index contributed by atoms with van der Waals surface area (Å²) in [5, 5.41) is 8.97. The van der Waals surface area contributed by atoms with Crippen LogP contribution >= 0.6 is 0 Å². The quantitative estimate of drug-likeness (QED) is 0.801. The summed E-state index contributed by atoms with van der Waals surface area (Å²) in [6.07, 6.45) is 0.875. The predicted molar refractivity (Wildman–Crippen MR) is 55.6 cm³/mol. The summed E-state index contributed by atoms with van der Waals surface area (Å²) in [4.78, 5) is 10.9. The number of carbonyl (C=O) groups is 1. The highest BCUT2D eigenvalue weighted by molar-refractivity contribution is 5.86. The van der Waals surface area contributed by atoms with Gasteiger partial charge in [-0.25, -0.2) is 4.79 Å². The van der Waals surface area contributed by atoms with Gasteiger partial charge >= 0.3 is 5.97 Å². The highest BCUT2D eigenvalue weighted by Gasteiger charge is 2.13. The third-order valence-corrected chi connectivity index (χ3v) is 2.20. The smallest absolute Gasteiger partial charge is 0.352 e. The number of rotatable bonds is 4. The van der Waals surface area contributed by atoms with Crippen molar-refractivity contribution in [3.8, 4) is 0 Å². The van der Waals surface area contributed by atoms with E-state index < -0.39 is 5.97 Å². The maximum atomic E-state index is 10.9. The second-order valence-corrected chi connectivity index (χ2v) is 3.87. The maximum Gasteiger partial charge on any atom is 0.352 e. The predicted octanol–water partition coefficient (Wildman–Crippen LogP) is 2.40. The third-order valence-electron chi connectivity index (χ3n) is 2.20. The van der Waals surface area contributed by atoms with Crippen LogP contribution in [-0.2, 0) is 13.0 Å². The van der Waals surface area contributed by atoms with E-state index in [1.54, 1.807) is 6.07 Å². The van der Waals surface area contributed by atoms with Crippen molar-refractivity contribution in [1.82, 2.24) is 4.57 Å². The summed E-state index contributed by atoms with van der Waals surface area (Å²) in [6.45, 7) is 6.99. The second-order valence-electron chi connectivity index (χ2n) is 3.87. The van der Waals surface area contributed by atoms with Crippen molar-refractivity contribution >= 4 is 5.97 Å². The first-order chi connectivity index (χ1) is 6.56. The standard InChI is InChI=1S/C11H17NO2/c1-4-9-5-6-10(11(13)14)12(9)7-8(2)3/h5-6,8H,4,7H2,1-3H3,(H,13,14). The van der Waals surface area contributed by atoms with Gasteiger partial charge in [0.1, 0.15) is 5.69 Å². The molecule has 0 fully saturated rings. The number of carboxylic acid groups (broad SMARTS) is 1. The summed E-state index contributed by atoms with van der Waals surface area (Å²) in [5.74, 6) is -0.379. The van der Waals surface area contributed by atoms with Gasteiger partial charge in [-0.2, -0.15) is 0 Å². The summed E-state index contributed by atoms with van der Waals surface area (Å²) in [5.41, 5.74) is 1.49. The number of hydrogen-bond acceptors (Lipinski definition) is 1. The minimum atomic E-state index is -0.842. The van der Waals surface area contributed by atoms with Crippen molar-refractivity contribution in [2.24, 2.45) is 5.92 Å². The molecule has 0 aliphatic rings.